The number of aliphatic hydroxyl groups excluding tert-OH is 1. The minimum absolute atomic E-state index is 0.0736. The molecule has 0 bridgehead atoms. The van der Waals surface area contributed by atoms with E-state index in [9.17, 15) is 14.7 Å². The molecule has 0 radical (unpaired) electrons. The Morgan fingerprint density at radius 3 is 2.60 bits per heavy atom. The molecule has 0 aromatic carbocycles. The quantitative estimate of drug-likeness (QED) is 0.435. The van der Waals surface area contributed by atoms with Crippen molar-refractivity contribution >= 4 is 11.9 Å². The van der Waals surface area contributed by atoms with Gasteiger partial charge in [-0.05, 0) is 32.1 Å². The van der Waals surface area contributed by atoms with E-state index in [4.69, 9.17) is 4.74 Å². The van der Waals surface area contributed by atoms with Crippen LogP contribution in [0.15, 0.2) is 12.7 Å². The zero-order valence-electron chi connectivity index (χ0n) is 12.4. The van der Waals surface area contributed by atoms with Gasteiger partial charge in [0.2, 0.25) is 5.91 Å². The number of amides is 1. The lowest BCUT2D eigenvalue weighted by Crippen LogP contribution is -2.37. The van der Waals surface area contributed by atoms with E-state index in [0.717, 1.165) is 19.3 Å². The van der Waals surface area contributed by atoms with Crippen molar-refractivity contribution in [2.75, 3.05) is 20.7 Å². The van der Waals surface area contributed by atoms with Crippen molar-refractivity contribution in [1.82, 2.24) is 4.90 Å². The molecule has 0 aliphatic heterocycles. The lowest BCUT2D eigenvalue weighted by molar-refractivity contribution is -0.151. The second-order valence-electron chi connectivity index (χ2n) is 5.41. The summed E-state index contributed by atoms with van der Waals surface area (Å²) in [4.78, 5) is 25.7. The summed E-state index contributed by atoms with van der Waals surface area (Å²) in [6.45, 7) is 4.32. The van der Waals surface area contributed by atoms with Gasteiger partial charge in [0.15, 0.2) is 0 Å². The smallest absolute Gasteiger partial charge is 0.309 e. The first kappa shape index (κ1) is 16.7. The Morgan fingerprint density at radius 1 is 1.35 bits per heavy atom. The number of allylic oxidation sites excluding steroid dienone is 1. The second kappa shape index (κ2) is 8.04. The third kappa shape index (κ3) is 4.34. The van der Waals surface area contributed by atoms with Crippen LogP contribution in [0.1, 0.15) is 32.1 Å². The summed E-state index contributed by atoms with van der Waals surface area (Å²) >= 11 is 0. The SMILES string of the molecule is C=CCCCCN(C)C(=O)[C@@H]1C[C@@H](O)C[C@H]1C(=O)OC. The third-order valence-electron chi connectivity index (χ3n) is 3.89. The van der Waals surface area contributed by atoms with E-state index < -0.39 is 23.9 Å². The second-order valence-corrected chi connectivity index (χ2v) is 5.41. The van der Waals surface area contributed by atoms with Gasteiger partial charge < -0.3 is 14.7 Å². The molecule has 5 nitrogen and oxygen atoms in total. The molecule has 0 aromatic rings. The zero-order chi connectivity index (χ0) is 15.1. The summed E-state index contributed by atoms with van der Waals surface area (Å²) in [6, 6.07) is 0. The molecule has 1 fully saturated rings. The van der Waals surface area contributed by atoms with Gasteiger partial charge in [0.1, 0.15) is 0 Å². The number of ether oxygens (including phenoxy) is 1. The van der Waals surface area contributed by atoms with Crippen LogP contribution in [0.3, 0.4) is 0 Å². The number of hydrogen-bond acceptors (Lipinski definition) is 4. The van der Waals surface area contributed by atoms with Gasteiger partial charge in [-0.3, -0.25) is 9.59 Å². The minimum atomic E-state index is -0.595. The molecular formula is C15H25NO4. The highest BCUT2D eigenvalue weighted by Gasteiger charge is 2.43. The van der Waals surface area contributed by atoms with E-state index in [0.29, 0.717) is 19.4 Å². The number of carbonyl (C=O) groups excluding carboxylic acids is 2. The average Bonchev–Trinajstić information content (AvgIpc) is 2.83. The lowest BCUT2D eigenvalue weighted by Gasteiger charge is -2.23. The summed E-state index contributed by atoms with van der Waals surface area (Å²) in [5.41, 5.74) is 0. The number of carbonyl (C=O) groups is 2. The molecule has 3 atom stereocenters. The molecular weight excluding hydrogens is 258 g/mol. The third-order valence-corrected chi connectivity index (χ3v) is 3.89. The first-order valence-electron chi connectivity index (χ1n) is 7.13. The highest BCUT2D eigenvalue weighted by molar-refractivity contribution is 5.86. The maximum absolute atomic E-state index is 12.4. The van der Waals surface area contributed by atoms with Gasteiger partial charge >= 0.3 is 5.97 Å². The van der Waals surface area contributed by atoms with Crippen molar-refractivity contribution in [2.45, 2.75) is 38.2 Å². The largest absolute Gasteiger partial charge is 0.469 e. The summed E-state index contributed by atoms with van der Waals surface area (Å²) in [5, 5.41) is 9.70. The number of methoxy groups -OCH3 is 1. The van der Waals surface area contributed by atoms with Crippen LogP contribution < -0.4 is 0 Å². The minimum Gasteiger partial charge on any atom is -0.469 e. The molecule has 1 aliphatic rings. The van der Waals surface area contributed by atoms with Gasteiger partial charge in [0.05, 0.1) is 25.0 Å². The monoisotopic (exact) mass is 283 g/mol. The number of nitrogens with zero attached hydrogens (tertiary/aromatic N) is 1. The fourth-order valence-corrected chi connectivity index (χ4v) is 2.73. The van der Waals surface area contributed by atoms with E-state index >= 15 is 0 Å². The predicted octanol–water partition coefficient (Wildman–Crippen LogP) is 1.36. The average molecular weight is 283 g/mol. The Bertz CT molecular complexity index is 356. The molecule has 1 N–H and O–H groups in total. The van der Waals surface area contributed by atoms with Crippen molar-refractivity contribution in [3.8, 4) is 0 Å². The Hall–Kier alpha value is -1.36. The molecule has 1 amide bonds. The van der Waals surface area contributed by atoms with Crippen LogP contribution in [0, 0.1) is 11.8 Å². The topological polar surface area (TPSA) is 66.8 Å². The highest BCUT2D eigenvalue weighted by Crippen LogP contribution is 2.34. The van der Waals surface area contributed by atoms with E-state index in [2.05, 4.69) is 6.58 Å². The summed E-state index contributed by atoms with van der Waals surface area (Å²) in [6.07, 6.45) is 4.77. The number of hydrogen-bond donors (Lipinski definition) is 1. The Kier molecular flexibility index (Phi) is 6.71. The molecule has 0 aromatic heterocycles. The van der Waals surface area contributed by atoms with Crippen LogP contribution >= 0.6 is 0 Å². The van der Waals surface area contributed by atoms with Gasteiger partial charge in [-0.15, -0.1) is 6.58 Å². The number of esters is 1. The van der Waals surface area contributed by atoms with Gasteiger partial charge in [-0.2, -0.15) is 0 Å². The van der Waals surface area contributed by atoms with Crippen LogP contribution in [-0.2, 0) is 14.3 Å². The molecule has 0 saturated heterocycles. The van der Waals surface area contributed by atoms with Crippen LogP contribution in [0.5, 0.6) is 0 Å². The number of aliphatic hydroxyl groups is 1. The highest BCUT2D eigenvalue weighted by atomic mass is 16.5. The molecule has 20 heavy (non-hydrogen) atoms. The Balaban J connectivity index is 2.55. The fraction of sp³-hybridized carbons (Fsp3) is 0.733. The van der Waals surface area contributed by atoms with Crippen molar-refractivity contribution in [3.05, 3.63) is 12.7 Å². The first-order chi connectivity index (χ1) is 9.51. The van der Waals surface area contributed by atoms with E-state index in [1.807, 2.05) is 6.08 Å². The number of unbranched alkanes of at least 4 members (excludes halogenated alkanes) is 2. The van der Waals surface area contributed by atoms with Crippen LogP contribution in [-0.4, -0.2) is 48.7 Å². The molecule has 0 unspecified atom stereocenters. The maximum atomic E-state index is 12.4. The standard InChI is InChI=1S/C15H25NO4/c1-4-5-6-7-8-16(2)14(18)12-9-11(17)10-13(12)15(19)20-3/h4,11-13,17H,1,5-10H2,2-3H3/t11-,12-,13-/m1/s1. The van der Waals surface area contributed by atoms with Crippen molar-refractivity contribution in [3.63, 3.8) is 0 Å². The molecule has 0 spiro atoms. The first-order valence-corrected chi connectivity index (χ1v) is 7.13. The van der Waals surface area contributed by atoms with Gasteiger partial charge in [-0.25, -0.2) is 0 Å². The van der Waals surface area contributed by atoms with Gasteiger partial charge in [0.25, 0.3) is 0 Å². The molecule has 1 rings (SSSR count). The molecule has 1 saturated carbocycles. The summed E-state index contributed by atoms with van der Waals surface area (Å²) in [5.74, 6) is -1.45. The lowest BCUT2D eigenvalue weighted by atomic mass is 9.94. The van der Waals surface area contributed by atoms with E-state index in [1.54, 1.807) is 11.9 Å². The predicted molar refractivity (Wildman–Crippen MR) is 75.9 cm³/mol. The van der Waals surface area contributed by atoms with Crippen molar-refractivity contribution < 1.29 is 19.4 Å². The summed E-state index contributed by atoms with van der Waals surface area (Å²) in [7, 11) is 3.06. The molecule has 5 heteroatoms. The molecule has 1 aliphatic carbocycles. The van der Waals surface area contributed by atoms with Crippen molar-refractivity contribution in [1.29, 1.82) is 0 Å². The van der Waals surface area contributed by atoms with E-state index in [1.165, 1.54) is 7.11 Å². The van der Waals surface area contributed by atoms with Gasteiger partial charge in [0, 0.05) is 13.6 Å². The molecule has 0 heterocycles. The van der Waals surface area contributed by atoms with Crippen LogP contribution in [0.25, 0.3) is 0 Å². The fourth-order valence-electron chi connectivity index (χ4n) is 2.73. The number of rotatable bonds is 7. The normalized spacial score (nSPS) is 25.2. The Labute approximate surface area is 120 Å². The van der Waals surface area contributed by atoms with Crippen LogP contribution in [0.2, 0.25) is 0 Å². The maximum Gasteiger partial charge on any atom is 0.309 e. The summed E-state index contributed by atoms with van der Waals surface area (Å²) < 4.78 is 4.72. The van der Waals surface area contributed by atoms with E-state index in [-0.39, 0.29) is 5.91 Å². The zero-order valence-corrected chi connectivity index (χ0v) is 12.4. The van der Waals surface area contributed by atoms with Crippen molar-refractivity contribution in [2.24, 2.45) is 11.8 Å². The van der Waals surface area contributed by atoms with Crippen LogP contribution in [0.4, 0.5) is 0 Å². The van der Waals surface area contributed by atoms with Gasteiger partial charge in [-0.1, -0.05) is 6.08 Å². The molecule has 114 valence electrons. The Morgan fingerprint density at radius 2 is 2.00 bits per heavy atom.